The second-order valence-electron chi connectivity index (χ2n) is 5.50. The molecule has 0 spiro atoms. The molecule has 3 rings (SSSR count). The molecule has 9 heteroatoms. The second kappa shape index (κ2) is 7.71. The number of anilines is 2. The van der Waals surface area contributed by atoms with E-state index < -0.39 is 17.6 Å². The van der Waals surface area contributed by atoms with Crippen LogP contribution in [0, 0.1) is 0 Å². The first-order valence-electron chi connectivity index (χ1n) is 7.73. The number of carbonyl (C=O) groups is 1. The van der Waals surface area contributed by atoms with E-state index in [1.54, 1.807) is 12.1 Å². The van der Waals surface area contributed by atoms with Crippen LogP contribution < -0.4 is 10.6 Å². The van der Waals surface area contributed by atoms with Crippen molar-refractivity contribution in [3.05, 3.63) is 76.8 Å². The van der Waals surface area contributed by atoms with E-state index in [4.69, 9.17) is 16.0 Å². The Balaban J connectivity index is 1.77. The number of furan rings is 1. The van der Waals surface area contributed by atoms with Gasteiger partial charge in [-0.2, -0.15) is 13.2 Å². The summed E-state index contributed by atoms with van der Waals surface area (Å²) >= 11 is 5.67. The van der Waals surface area contributed by atoms with E-state index in [1.807, 2.05) is 0 Å². The zero-order valence-corrected chi connectivity index (χ0v) is 14.4. The predicted molar refractivity (Wildman–Crippen MR) is 93.9 cm³/mol. The van der Waals surface area contributed by atoms with Gasteiger partial charge in [0.25, 0.3) is 5.91 Å². The van der Waals surface area contributed by atoms with Gasteiger partial charge in [0.2, 0.25) is 0 Å². The van der Waals surface area contributed by atoms with Crippen molar-refractivity contribution in [1.29, 1.82) is 0 Å². The Kier molecular flexibility index (Phi) is 5.36. The molecule has 0 saturated carbocycles. The van der Waals surface area contributed by atoms with Gasteiger partial charge in [-0.25, -0.2) is 4.98 Å². The minimum atomic E-state index is -4.59. The molecule has 0 saturated heterocycles. The van der Waals surface area contributed by atoms with Crippen LogP contribution in [0.4, 0.5) is 24.7 Å². The van der Waals surface area contributed by atoms with Crippen LogP contribution in [0.3, 0.4) is 0 Å². The van der Waals surface area contributed by atoms with Crippen LogP contribution in [-0.2, 0) is 12.7 Å². The highest BCUT2D eigenvalue weighted by Gasteiger charge is 2.34. The fourth-order valence-electron chi connectivity index (χ4n) is 2.32. The van der Waals surface area contributed by atoms with Crippen molar-refractivity contribution in [2.24, 2.45) is 0 Å². The molecule has 0 fully saturated rings. The number of halogens is 4. The van der Waals surface area contributed by atoms with Gasteiger partial charge in [-0.05, 0) is 42.5 Å². The first-order chi connectivity index (χ1) is 12.8. The largest absolute Gasteiger partial charge is 0.467 e. The van der Waals surface area contributed by atoms with Gasteiger partial charge in [-0.15, -0.1) is 0 Å². The van der Waals surface area contributed by atoms with Crippen molar-refractivity contribution in [3.63, 3.8) is 0 Å². The minimum Gasteiger partial charge on any atom is -0.467 e. The number of nitrogens with zero attached hydrogens (tertiary/aromatic N) is 1. The van der Waals surface area contributed by atoms with Crippen LogP contribution in [0.25, 0.3) is 0 Å². The standard InChI is InChI=1S/C18H13ClF3N3O2/c19-12-3-4-15(14(9-12)18(20,21)22)25-16-8-11(5-6-23-16)17(26)24-10-13-2-1-7-27-13/h1-9H,10H2,(H,23,25)(H,24,26). The van der Waals surface area contributed by atoms with Crippen LogP contribution in [-0.4, -0.2) is 10.9 Å². The Morgan fingerprint density at radius 3 is 2.70 bits per heavy atom. The van der Waals surface area contributed by atoms with Gasteiger partial charge in [0.05, 0.1) is 24.1 Å². The molecule has 0 bridgehead atoms. The summed E-state index contributed by atoms with van der Waals surface area (Å²) < 4.78 is 44.7. The second-order valence-corrected chi connectivity index (χ2v) is 5.94. The lowest BCUT2D eigenvalue weighted by molar-refractivity contribution is -0.136. The van der Waals surface area contributed by atoms with E-state index in [1.165, 1.54) is 36.7 Å². The monoisotopic (exact) mass is 395 g/mol. The van der Waals surface area contributed by atoms with E-state index in [2.05, 4.69) is 15.6 Å². The lowest BCUT2D eigenvalue weighted by Crippen LogP contribution is -2.22. The van der Waals surface area contributed by atoms with E-state index in [0.29, 0.717) is 5.76 Å². The number of nitrogens with one attached hydrogen (secondary N) is 2. The molecule has 27 heavy (non-hydrogen) atoms. The molecule has 5 nitrogen and oxygen atoms in total. The Hall–Kier alpha value is -3.00. The van der Waals surface area contributed by atoms with Crippen LogP contribution in [0.15, 0.2) is 59.3 Å². The minimum absolute atomic E-state index is 0.0353. The Morgan fingerprint density at radius 2 is 2.00 bits per heavy atom. The topological polar surface area (TPSA) is 67.2 Å². The highest BCUT2D eigenvalue weighted by molar-refractivity contribution is 6.30. The zero-order valence-electron chi connectivity index (χ0n) is 13.7. The smallest absolute Gasteiger partial charge is 0.418 e. The molecule has 2 heterocycles. The van der Waals surface area contributed by atoms with Crippen LogP contribution >= 0.6 is 11.6 Å². The molecular formula is C18H13ClF3N3O2. The maximum absolute atomic E-state index is 13.2. The number of hydrogen-bond donors (Lipinski definition) is 2. The Morgan fingerprint density at radius 1 is 1.19 bits per heavy atom. The summed E-state index contributed by atoms with van der Waals surface area (Å²) in [6, 6.07) is 9.57. The van der Waals surface area contributed by atoms with Gasteiger partial charge in [-0.3, -0.25) is 4.79 Å². The van der Waals surface area contributed by atoms with Crippen LogP contribution in [0.2, 0.25) is 5.02 Å². The van der Waals surface area contributed by atoms with Gasteiger partial charge in [0.1, 0.15) is 11.6 Å². The first kappa shape index (κ1) is 18.8. The fourth-order valence-corrected chi connectivity index (χ4v) is 2.49. The molecule has 1 aromatic carbocycles. The normalized spacial score (nSPS) is 11.3. The van der Waals surface area contributed by atoms with E-state index in [-0.39, 0.29) is 28.6 Å². The number of hydrogen-bond acceptors (Lipinski definition) is 4. The third-order valence-electron chi connectivity index (χ3n) is 3.58. The van der Waals surface area contributed by atoms with Crippen molar-refractivity contribution in [2.75, 3.05) is 5.32 Å². The zero-order chi connectivity index (χ0) is 19.4. The van der Waals surface area contributed by atoms with E-state index in [9.17, 15) is 18.0 Å². The molecule has 140 valence electrons. The summed E-state index contributed by atoms with van der Waals surface area (Å²) in [6.45, 7) is 0.187. The van der Waals surface area contributed by atoms with Gasteiger partial charge in [0.15, 0.2) is 0 Å². The number of benzene rings is 1. The van der Waals surface area contributed by atoms with Crippen LogP contribution in [0.5, 0.6) is 0 Å². The predicted octanol–water partition coefficient (Wildman–Crippen LogP) is 5.02. The molecule has 3 aromatic rings. The fraction of sp³-hybridized carbons (Fsp3) is 0.111. The highest BCUT2D eigenvalue weighted by Crippen LogP contribution is 2.37. The van der Waals surface area contributed by atoms with Crippen molar-refractivity contribution in [2.45, 2.75) is 12.7 Å². The Labute approximate surface area is 157 Å². The van der Waals surface area contributed by atoms with E-state index in [0.717, 1.165) is 6.07 Å². The van der Waals surface area contributed by atoms with E-state index >= 15 is 0 Å². The molecule has 1 amide bonds. The number of pyridine rings is 1. The third-order valence-corrected chi connectivity index (χ3v) is 3.81. The molecular weight excluding hydrogens is 383 g/mol. The van der Waals surface area contributed by atoms with Gasteiger partial charge in [-0.1, -0.05) is 11.6 Å². The molecule has 0 aliphatic heterocycles. The SMILES string of the molecule is O=C(NCc1ccco1)c1ccnc(Nc2ccc(Cl)cc2C(F)(F)F)c1. The number of amides is 1. The summed E-state index contributed by atoms with van der Waals surface area (Å²) in [6.07, 6.45) is -1.78. The summed E-state index contributed by atoms with van der Waals surface area (Å²) in [5.41, 5.74) is -0.904. The maximum Gasteiger partial charge on any atom is 0.418 e. The third kappa shape index (κ3) is 4.79. The number of carbonyl (C=O) groups excluding carboxylic acids is 1. The average Bonchev–Trinajstić information content (AvgIpc) is 3.14. The number of rotatable bonds is 5. The van der Waals surface area contributed by atoms with Crippen LogP contribution in [0.1, 0.15) is 21.7 Å². The van der Waals surface area contributed by atoms with Crippen molar-refractivity contribution in [1.82, 2.24) is 10.3 Å². The molecule has 0 radical (unpaired) electrons. The van der Waals surface area contributed by atoms with Gasteiger partial charge in [0, 0.05) is 16.8 Å². The number of alkyl halides is 3. The molecule has 2 N–H and O–H groups in total. The van der Waals surface area contributed by atoms with Gasteiger partial charge < -0.3 is 15.1 Å². The van der Waals surface area contributed by atoms with Crippen molar-refractivity contribution in [3.8, 4) is 0 Å². The quantitative estimate of drug-likeness (QED) is 0.636. The molecule has 0 atom stereocenters. The first-order valence-corrected chi connectivity index (χ1v) is 8.11. The van der Waals surface area contributed by atoms with Gasteiger partial charge >= 0.3 is 6.18 Å². The Bertz CT molecular complexity index is 943. The average molecular weight is 396 g/mol. The molecule has 0 aliphatic rings. The lowest BCUT2D eigenvalue weighted by Gasteiger charge is -2.15. The summed E-state index contributed by atoms with van der Waals surface area (Å²) in [5.74, 6) is 0.254. The highest BCUT2D eigenvalue weighted by atomic mass is 35.5. The molecule has 0 unspecified atom stereocenters. The summed E-state index contributed by atoms with van der Waals surface area (Å²) in [7, 11) is 0. The lowest BCUT2D eigenvalue weighted by atomic mass is 10.1. The van der Waals surface area contributed by atoms with Crippen molar-refractivity contribution < 1.29 is 22.4 Å². The molecule has 2 aromatic heterocycles. The summed E-state index contributed by atoms with van der Waals surface area (Å²) in [4.78, 5) is 16.2. The van der Waals surface area contributed by atoms with Crippen molar-refractivity contribution >= 4 is 29.0 Å². The maximum atomic E-state index is 13.2. The number of aromatic nitrogens is 1. The molecule has 0 aliphatic carbocycles. The summed E-state index contributed by atoms with van der Waals surface area (Å²) in [5, 5.41) is 5.20.